The maximum absolute atomic E-state index is 5.34. The van der Waals surface area contributed by atoms with Crippen LogP contribution in [-0.4, -0.2) is 23.5 Å². The van der Waals surface area contributed by atoms with Crippen LogP contribution in [0.5, 0.6) is 0 Å². The highest BCUT2D eigenvalue weighted by Crippen LogP contribution is 2.12. The standard InChI is InChI=1S/C17H25N3O/c1-4-9-18-11-16-6-5-7-17(19-16)13-20(3)12-15-8-10-21-14(15)2/h5-8,10,18H,4,9,11-13H2,1-3H3. The Morgan fingerprint density at radius 1 is 1.19 bits per heavy atom. The molecule has 0 saturated heterocycles. The van der Waals surface area contributed by atoms with Gasteiger partial charge in [0.1, 0.15) is 5.76 Å². The van der Waals surface area contributed by atoms with Crippen molar-refractivity contribution in [3.05, 3.63) is 53.2 Å². The zero-order valence-electron chi connectivity index (χ0n) is 13.2. The molecule has 2 rings (SSSR count). The summed E-state index contributed by atoms with van der Waals surface area (Å²) in [5, 5.41) is 3.39. The van der Waals surface area contributed by atoms with E-state index in [1.165, 1.54) is 5.56 Å². The molecule has 1 N–H and O–H groups in total. The van der Waals surface area contributed by atoms with Gasteiger partial charge in [-0.05, 0) is 45.1 Å². The SMILES string of the molecule is CCCNCc1cccc(CN(C)Cc2ccoc2C)n1. The molecular formula is C17H25N3O. The van der Waals surface area contributed by atoms with E-state index in [-0.39, 0.29) is 0 Å². The lowest BCUT2D eigenvalue weighted by atomic mass is 10.2. The van der Waals surface area contributed by atoms with Crippen LogP contribution in [0.3, 0.4) is 0 Å². The second-order valence-corrected chi connectivity index (χ2v) is 5.47. The molecule has 0 aliphatic carbocycles. The predicted molar refractivity (Wildman–Crippen MR) is 84.9 cm³/mol. The number of aromatic nitrogens is 1. The maximum atomic E-state index is 5.34. The largest absolute Gasteiger partial charge is 0.469 e. The van der Waals surface area contributed by atoms with Crippen LogP contribution in [0.25, 0.3) is 0 Å². The third-order valence-corrected chi connectivity index (χ3v) is 3.44. The first kappa shape index (κ1) is 15.7. The second-order valence-electron chi connectivity index (χ2n) is 5.47. The van der Waals surface area contributed by atoms with Crippen molar-refractivity contribution < 1.29 is 4.42 Å². The van der Waals surface area contributed by atoms with E-state index < -0.39 is 0 Å². The van der Waals surface area contributed by atoms with E-state index in [0.717, 1.165) is 49.7 Å². The maximum Gasteiger partial charge on any atom is 0.105 e. The molecule has 2 aromatic rings. The summed E-state index contributed by atoms with van der Waals surface area (Å²) in [6.07, 6.45) is 2.89. The first-order valence-electron chi connectivity index (χ1n) is 7.56. The molecule has 4 nitrogen and oxygen atoms in total. The normalized spacial score (nSPS) is 11.2. The number of hydrogen-bond acceptors (Lipinski definition) is 4. The average Bonchev–Trinajstić information content (AvgIpc) is 2.85. The molecule has 0 radical (unpaired) electrons. The molecule has 114 valence electrons. The summed E-state index contributed by atoms with van der Waals surface area (Å²) in [7, 11) is 2.11. The van der Waals surface area contributed by atoms with Crippen molar-refractivity contribution in [3.8, 4) is 0 Å². The van der Waals surface area contributed by atoms with Gasteiger partial charge in [-0.3, -0.25) is 9.88 Å². The van der Waals surface area contributed by atoms with Crippen LogP contribution >= 0.6 is 0 Å². The Labute approximate surface area is 127 Å². The molecule has 0 fully saturated rings. The zero-order chi connectivity index (χ0) is 15.1. The molecule has 0 atom stereocenters. The summed E-state index contributed by atoms with van der Waals surface area (Å²) in [6.45, 7) is 7.76. The van der Waals surface area contributed by atoms with Gasteiger partial charge in [0, 0.05) is 25.2 Å². The highest BCUT2D eigenvalue weighted by molar-refractivity contribution is 5.16. The molecule has 0 aromatic carbocycles. The lowest BCUT2D eigenvalue weighted by Crippen LogP contribution is -2.19. The smallest absolute Gasteiger partial charge is 0.105 e. The van der Waals surface area contributed by atoms with Crippen LogP contribution < -0.4 is 5.32 Å². The second kappa shape index (κ2) is 7.96. The minimum Gasteiger partial charge on any atom is -0.469 e. The Hall–Kier alpha value is -1.65. The third-order valence-electron chi connectivity index (χ3n) is 3.44. The molecule has 0 aliphatic rings. The molecule has 2 heterocycles. The number of aryl methyl sites for hydroxylation is 1. The molecule has 0 saturated carbocycles. The predicted octanol–water partition coefficient (Wildman–Crippen LogP) is 3.11. The lowest BCUT2D eigenvalue weighted by molar-refractivity contribution is 0.312. The molecule has 0 spiro atoms. The van der Waals surface area contributed by atoms with Crippen LogP contribution in [0.2, 0.25) is 0 Å². The van der Waals surface area contributed by atoms with Crippen molar-refractivity contribution in [1.29, 1.82) is 0 Å². The van der Waals surface area contributed by atoms with Crippen molar-refractivity contribution in [1.82, 2.24) is 15.2 Å². The van der Waals surface area contributed by atoms with Gasteiger partial charge in [-0.2, -0.15) is 0 Å². The molecule has 4 heteroatoms. The highest BCUT2D eigenvalue weighted by atomic mass is 16.3. The van der Waals surface area contributed by atoms with Gasteiger partial charge in [-0.1, -0.05) is 13.0 Å². The minimum atomic E-state index is 0.840. The van der Waals surface area contributed by atoms with E-state index in [2.05, 4.69) is 42.4 Å². The molecule has 0 bridgehead atoms. The molecule has 2 aromatic heterocycles. The number of nitrogens with one attached hydrogen (secondary N) is 1. The number of furan rings is 1. The Balaban J connectivity index is 1.89. The van der Waals surface area contributed by atoms with E-state index in [1.807, 2.05) is 13.0 Å². The number of rotatable bonds is 8. The van der Waals surface area contributed by atoms with Crippen molar-refractivity contribution in [2.45, 2.75) is 39.9 Å². The van der Waals surface area contributed by atoms with E-state index >= 15 is 0 Å². The van der Waals surface area contributed by atoms with Crippen molar-refractivity contribution in [3.63, 3.8) is 0 Å². The molecule has 0 amide bonds. The van der Waals surface area contributed by atoms with Gasteiger partial charge in [-0.15, -0.1) is 0 Å². The highest BCUT2D eigenvalue weighted by Gasteiger charge is 2.07. The van der Waals surface area contributed by atoms with Gasteiger partial charge in [0.2, 0.25) is 0 Å². The van der Waals surface area contributed by atoms with E-state index in [0.29, 0.717) is 0 Å². The Morgan fingerprint density at radius 2 is 2.00 bits per heavy atom. The van der Waals surface area contributed by atoms with Gasteiger partial charge in [0.15, 0.2) is 0 Å². The first-order chi connectivity index (χ1) is 10.2. The lowest BCUT2D eigenvalue weighted by Gasteiger charge is -2.16. The number of pyridine rings is 1. The number of hydrogen-bond donors (Lipinski definition) is 1. The molecular weight excluding hydrogens is 262 g/mol. The quantitative estimate of drug-likeness (QED) is 0.757. The van der Waals surface area contributed by atoms with E-state index in [4.69, 9.17) is 9.40 Å². The van der Waals surface area contributed by atoms with Crippen molar-refractivity contribution >= 4 is 0 Å². The Bertz CT molecular complexity index is 550. The summed E-state index contributed by atoms with van der Waals surface area (Å²) in [5.41, 5.74) is 3.45. The van der Waals surface area contributed by atoms with Crippen LogP contribution in [-0.2, 0) is 19.6 Å². The summed E-state index contributed by atoms with van der Waals surface area (Å²) in [5.74, 6) is 0.993. The topological polar surface area (TPSA) is 41.3 Å². The fourth-order valence-electron chi connectivity index (χ4n) is 2.31. The Morgan fingerprint density at radius 3 is 2.71 bits per heavy atom. The van der Waals surface area contributed by atoms with Gasteiger partial charge in [-0.25, -0.2) is 0 Å². The third kappa shape index (κ3) is 4.99. The first-order valence-corrected chi connectivity index (χ1v) is 7.56. The van der Waals surface area contributed by atoms with Crippen LogP contribution in [0, 0.1) is 6.92 Å². The van der Waals surface area contributed by atoms with Crippen LogP contribution in [0.4, 0.5) is 0 Å². The number of nitrogens with zero attached hydrogens (tertiary/aromatic N) is 2. The van der Waals surface area contributed by atoms with Gasteiger partial charge in [0.25, 0.3) is 0 Å². The average molecular weight is 287 g/mol. The van der Waals surface area contributed by atoms with Crippen LogP contribution in [0.15, 0.2) is 34.9 Å². The van der Waals surface area contributed by atoms with Crippen molar-refractivity contribution in [2.24, 2.45) is 0 Å². The summed E-state index contributed by atoms with van der Waals surface area (Å²) in [6, 6.07) is 8.28. The Kier molecular flexibility index (Phi) is 5.96. The molecule has 0 aliphatic heterocycles. The fourth-order valence-corrected chi connectivity index (χ4v) is 2.31. The fraction of sp³-hybridized carbons (Fsp3) is 0.471. The van der Waals surface area contributed by atoms with E-state index in [9.17, 15) is 0 Å². The molecule has 0 unspecified atom stereocenters. The van der Waals surface area contributed by atoms with Gasteiger partial charge >= 0.3 is 0 Å². The minimum absolute atomic E-state index is 0.840. The van der Waals surface area contributed by atoms with Gasteiger partial charge in [0.05, 0.1) is 17.7 Å². The molecule has 21 heavy (non-hydrogen) atoms. The van der Waals surface area contributed by atoms with Gasteiger partial charge < -0.3 is 9.73 Å². The summed E-state index contributed by atoms with van der Waals surface area (Å²) >= 11 is 0. The zero-order valence-corrected chi connectivity index (χ0v) is 13.2. The van der Waals surface area contributed by atoms with E-state index in [1.54, 1.807) is 6.26 Å². The van der Waals surface area contributed by atoms with Crippen molar-refractivity contribution in [2.75, 3.05) is 13.6 Å². The summed E-state index contributed by atoms with van der Waals surface area (Å²) in [4.78, 5) is 6.96. The monoisotopic (exact) mass is 287 g/mol. The van der Waals surface area contributed by atoms with Crippen LogP contribution in [0.1, 0.15) is 36.1 Å². The summed E-state index contributed by atoms with van der Waals surface area (Å²) < 4.78 is 5.34.